The summed E-state index contributed by atoms with van der Waals surface area (Å²) in [6.45, 7) is 0. The Morgan fingerprint density at radius 3 is 2.68 bits per heavy atom. The molecule has 1 unspecified atom stereocenters. The highest BCUT2D eigenvalue weighted by Crippen LogP contribution is 2.28. The fourth-order valence-electron chi connectivity index (χ4n) is 2.03. The largest absolute Gasteiger partial charge is 0.313 e. The summed E-state index contributed by atoms with van der Waals surface area (Å²) in [7, 11) is 1.98. The highest BCUT2D eigenvalue weighted by molar-refractivity contribution is 14.1. The summed E-state index contributed by atoms with van der Waals surface area (Å²) in [6.07, 6.45) is 0.925. The smallest absolute Gasteiger partial charge is 0.0410 e. The number of halogens is 3. The minimum absolute atomic E-state index is 0.254. The van der Waals surface area contributed by atoms with E-state index in [9.17, 15) is 0 Å². The molecule has 19 heavy (non-hydrogen) atoms. The number of hydrogen-bond acceptors (Lipinski definition) is 1. The van der Waals surface area contributed by atoms with Crippen LogP contribution in [0.25, 0.3) is 0 Å². The van der Waals surface area contributed by atoms with Gasteiger partial charge in [-0.2, -0.15) is 0 Å². The van der Waals surface area contributed by atoms with Gasteiger partial charge in [0.05, 0.1) is 0 Å². The third-order valence-electron chi connectivity index (χ3n) is 3.06. The molecular weight excluding hydrogens is 436 g/mol. The molecule has 0 aliphatic rings. The number of benzene rings is 2. The highest BCUT2D eigenvalue weighted by atomic mass is 127. The summed E-state index contributed by atoms with van der Waals surface area (Å²) < 4.78 is 2.38. The molecule has 2 rings (SSSR count). The molecule has 2 aromatic rings. The van der Waals surface area contributed by atoms with Crippen molar-refractivity contribution in [2.75, 3.05) is 7.05 Å². The van der Waals surface area contributed by atoms with Crippen molar-refractivity contribution in [2.24, 2.45) is 0 Å². The van der Waals surface area contributed by atoms with E-state index in [-0.39, 0.29) is 6.04 Å². The normalized spacial score (nSPS) is 12.4. The van der Waals surface area contributed by atoms with Crippen molar-refractivity contribution in [3.05, 3.63) is 66.7 Å². The molecule has 4 heteroatoms. The lowest BCUT2D eigenvalue weighted by atomic mass is 9.99. The highest BCUT2D eigenvalue weighted by Gasteiger charge is 2.15. The van der Waals surface area contributed by atoms with E-state index in [2.05, 4.69) is 68.1 Å². The minimum Gasteiger partial charge on any atom is -0.313 e. The van der Waals surface area contributed by atoms with E-state index in [1.807, 2.05) is 25.2 Å². The molecule has 1 N–H and O–H groups in total. The fourth-order valence-corrected chi connectivity index (χ4v) is 3.37. The van der Waals surface area contributed by atoms with Crippen LogP contribution in [-0.4, -0.2) is 7.05 Å². The van der Waals surface area contributed by atoms with Crippen LogP contribution in [0.3, 0.4) is 0 Å². The van der Waals surface area contributed by atoms with Crippen LogP contribution in [0.2, 0.25) is 5.02 Å². The summed E-state index contributed by atoms with van der Waals surface area (Å²) in [5.41, 5.74) is 2.53. The quantitative estimate of drug-likeness (QED) is 0.631. The molecule has 0 saturated carbocycles. The Bertz CT molecular complexity index is 574. The van der Waals surface area contributed by atoms with Gasteiger partial charge in [0.15, 0.2) is 0 Å². The molecule has 0 aromatic heterocycles. The number of likely N-dealkylation sites (N-methyl/N-ethyl adjacent to an activating group) is 1. The summed E-state index contributed by atoms with van der Waals surface area (Å²) in [4.78, 5) is 0. The zero-order valence-corrected chi connectivity index (χ0v) is 15.0. The topological polar surface area (TPSA) is 12.0 Å². The molecule has 0 radical (unpaired) electrons. The fraction of sp³-hybridized carbons (Fsp3) is 0.200. The van der Waals surface area contributed by atoms with Crippen molar-refractivity contribution in [1.29, 1.82) is 0 Å². The summed E-state index contributed by atoms with van der Waals surface area (Å²) >= 11 is 12.1. The summed E-state index contributed by atoms with van der Waals surface area (Å²) in [5.74, 6) is 0. The van der Waals surface area contributed by atoms with Crippen LogP contribution in [0, 0.1) is 3.57 Å². The molecule has 100 valence electrons. The predicted octanol–water partition coefficient (Wildman–Crippen LogP) is 5.21. The lowest BCUT2D eigenvalue weighted by Crippen LogP contribution is -2.20. The Kier molecular flexibility index (Phi) is 5.69. The standard InChI is InChI=1S/C15H14BrClIN/c1-19-15(8-10-4-2-3-5-13(10)16)12-9-11(17)6-7-14(12)18/h2-7,9,15,19H,8H2,1H3. The second kappa shape index (κ2) is 7.07. The monoisotopic (exact) mass is 449 g/mol. The Labute approximate surface area is 141 Å². The average molecular weight is 451 g/mol. The second-order valence-electron chi connectivity index (χ2n) is 4.30. The lowest BCUT2D eigenvalue weighted by molar-refractivity contribution is 0.588. The Balaban J connectivity index is 2.30. The predicted molar refractivity (Wildman–Crippen MR) is 93.8 cm³/mol. The van der Waals surface area contributed by atoms with Crippen LogP contribution in [0.5, 0.6) is 0 Å². The molecule has 0 amide bonds. The van der Waals surface area contributed by atoms with Crippen molar-refractivity contribution in [2.45, 2.75) is 12.5 Å². The van der Waals surface area contributed by atoms with Gasteiger partial charge in [0.25, 0.3) is 0 Å². The molecule has 0 fully saturated rings. The van der Waals surface area contributed by atoms with Gasteiger partial charge in [-0.15, -0.1) is 0 Å². The van der Waals surface area contributed by atoms with E-state index in [0.717, 1.165) is 15.9 Å². The first-order valence-corrected chi connectivity index (χ1v) is 8.22. The van der Waals surface area contributed by atoms with Gasteiger partial charge in [-0.05, 0) is 71.5 Å². The van der Waals surface area contributed by atoms with Gasteiger partial charge in [0, 0.05) is 19.1 Å². The van der Waals surface area contributed by atoms with E-state index < -0.39 is 0 Å². The van der Waals surface area contributed by atoms with Gasteiger partial charge in [0.2, 0.25) is 0 Å². The Morgan fingerprint density at radius 1 is 1.26 bits per heavy atom. The SMILES string of the molecule is CNC(Cc1ccccc1Br)c1cc(Cl)ccc1I. The van der Waals surface area contributed by atoms with Crippen molar-refractivity contribution < 1.29 is 0 Å². The van der Waals surface area contributed by atoms with Crippen LogP contribution in [0.1, 0.15) is 17.2 Å². The van der Waals surface area contributed by atoms with Gasteiger partial charge in [-0.1, -0.05) is 45.7 Å². The molecule has 0 saturated heterocycles. The van der Waals surface area contributed by atoms with Crippen molar-refractivity contribution in [3.63, 3.8) is 0 Å². The first-order chi connectivity index (χ1) is 9.11. The molecule has 0 spiro atoms. The lowest BCUT2D eigenvalue weighted by Gasteiger charge is -2.19. The molecule has 2 aromatic carbocycles. The Hall–Kier alpha value is -0.100. The zero-order chi connectivity index (χ0) is 13.8. The van der Waals surface area contributed by atoms with Gasteiger partial charge >= 0.3 is 0 Å². The Morgan fingerprint density at radius 2 is 2.00 bits per heavy atom. The average Bonchev–Trinajstić information content (AvgIpc) is 2.41. The van der Waals surface area contributed by atoms with Crippen LogP contribution >= 0.6 is 50.1 Å². The maximum Gasteiger partial charge on any atom is 0.0410 e. The third-order valence-corrected chi connectivity index (χ3v) is 5.05. The first-order valence-electron chi connectivity index (χ1n) is 5.97. The van der Waals surface area contributed by atoms with E-state index in [1.54, 1.807) is 0 Å². The second-order valence-corrected chi connectivity index (χ2v) is 6.76. The molecule has 0 aliphatic heterocycles. The van der Waals surface area contributed by atoms with Crippen LogP contribution in [0.15, 0.2) is 46.9 Å². The molecular formula is C15H14BrClIN. The van der Waals surface area contributed by atoms with Crippen molar-refractivity contribution >= 4 is 50.1 Å². The molecule has 0 heterocycles. The van der Waals surface area contributed by atoms with E-state index in [1.165, 1.54) is 14.7 Å². The number of hydrogen-bond donors (Lipinski definition) is 1. The molecule has 0 aliphatic carbocycles. The van der Waals surface area contributed by atoms with Gasteiger partial charge in [-0.3, -0.25) is 0 Å². The number of rotatable bonds is 4. The van der Waals surface area contributed by atoms with Crippen LogP contribution in [0.4, 0.5) is 0 Å². The van der Waals surface area contributed by atoms with Crippen LogP contribution < -0.4 is 5.32 Å². The van der Waals surface area contributed by atoms with Gasteiger partial charge in [-0.25, -0.2) is 0 Å². The van der Waals surface area contributed by atoms with Crippen molar-refractivity contribution in [3.8, 4) is 0 Å². The molecule has 1 atom stereocenters. The summed E-state index contributed by atoms with van der Waals surface area (Å²) in [5, 5.41) is 4.16. The first kappa shape index (κ1) is 15.3. The summed E-state index contributed by atoms with van der Waals surface area (Å²) in [6, 6.07) is 14.6. The number of nitrogens with one attached hydrogen (secondary N) is 1. The molecule has 0 bridgehead atoms. The van der Waals surface area contributed by atoms with Gasteiger partial charge < -0.3 is 5.32 Å². The maximum absolute atomic E-state index is 6.11. The maximum atomic E-state index is 6.11. The van der Waals surface area contributed by atoms with Gasteiger partial charge in [0.1, 0.15) is 0 Å². The minimum atomic E-state index is 0.254. The molecule has 1 nitrogen and oxygen atoms in total. The van der Waals surface area contributed by atoms with E-state index >= 15 is 0 Å². The van der Waals surface area contributed by atoms with Crippen LogP contribution in [-0.2, 0) is 6.42 Å². The third kappa shape index (κ3) is 3.94. The van der Waals surface area contributed by atoms with Crippen molar-refractivity contribution in [1.82, 2.24) is 5.32 Å². The van der Waals surface area contributed by atoms with E-state index in [0.29, 0.717) is 0 Å². The van der Waals surface area contributed by atoms with E-state index in [4.69, 9.17) is 11.6 Å². The zero-order valence-electron chi connectivity index (χ0n) is 10.5.